The Morgan fingerprint density at radius 2 is 1.90 bits per heavy atom. The third-order valence-corrected chi connectivity index (χ3v) is 5.11. The van der Waals surface area contributed by atoms with Crippen LogP contribution in [0.2, 0.25) is 0 Å². The van der Waals surface area contributed by atoms with Crippen LogP contribution in [0.15, 0.2) is 64.1 Å². The van der Waals surface area contributed by atoms with Gasteiger partial charge in [-0.1, -0.05) is 28.1 Å². The number of amides is 1. The zero-order valence-electron chi connectivity index (χ0n) is 15.4. The molecule has 1 amide bonds. The lowest BCUT2D eigenvalue weighted by molar-refractivity contribution is -0.117. The predicted molar refractivity (Wildman–Crippen MR) is 112 cm³/mol. The molecule has 0 aliphatic carbocycles. The van der Waals surface area contributed by atoms with Crippen molar-refractivity contribution in [1.82, 2.24) is 19.4 Å². The lowest BCUT2D eigenvalue weighted by atomic mass is 10.1. The van der Waals surface area contributed by atoms with Gasteiger partial charge in [0.1, 0.15) is 18.4 Å². The molecule has 0 atom stereocenters. The van der Waals surface area contributed by atoms with Crippen molar-refractivity contribution in [3.63, 3.8) is 0 Å². The first-order valence-electron chi connectivity index (χ1n) is 8.98. The van der Waals surface area contributed by atoms with Gasteiger partial charge in [0, 0.05) is 21.8 Å². The average molecular weight is 468 g/mol. The van der Waals surface area contributed by atoms with Gasteiger partial charge in [-0.25, -0.2) is 9.20 Å². The van der Waals surface area contributed by atoms with E-state index in [0.717, 1.165) is 14.7 Å². The van der Waals surface area contributed by atoms with Crippen LogP contribution in [0.5, 0.6) is 11.5 Å². The van der Waals surface area contributed by atoms with Crippen molar-refractivity contribution in [2.24, 2.45) is 0 Å². The second kappa shape index (κ2) is 7.30. The third kappa shape index (κ3) is 3.41. The van der Waals surface area contributed by atoms with Crippen LogP contribution in [0.4, 0.5) is 5.69 Å². The summed E-state index contributed by atoms with van der Waals surface area (Å²) in [4.78, 5) is 25.2. The second-order valence-corrected chi connectivity index (χ2v) is 7.49. The lowest BCUT2D eigenvalue weighted by Gasteiger charge is -2.07. The van der Waals surface area contributed by atoms with Crippen molar-refractivity contribution in [1.29, 1.82) is 0 Å². The van der Waals surface area contributed by atoms with E-state index in [4.69, 9.17) is 9.47 Å². The van der Waals surface area contributed by atoms with Crippen molar-refractivity contribution < 1.29 is 14.3 Å². The van der Waals surface area contributed by atoms with Crippen molar-refractivity contribution in [2.45, 2.75) is 6.54 Å². The Hall–Kier alpha value is -3.66. The number of nitrogens with zero attached hydrogens (tertiary/aromatic N) is 4. The fourth-order valence-electron chi connectivity index (χ4n) is 3.12. The first kappa shape index (κ1) is 18.4. The lowest BCUT2D eigenvalue weighted by Crippen LogP contribution is -2.30. The summed E-state index contributed by atoms with van der Waals surface area (Å²) in [7, 11) is 0. The van der Waals surface area contributed by atoms with Gasteiger partial charge in [-0.05, 0) is 30.3 Å². The van der Waals surface area contributed by atoms with Crippen LogP contribution < -0.4 is 20.3 Å². The minimum atomic E-state index is -0.408. The maximum Gasteiger partial charge on any atom is 0.293 e. The highest BCUT2D eigenvalue weighted by Gasteiger charge is 2.16. The second-order valence-electron chi connectivity index (χ2n) is 6.58. The van der Waals surface area contributed by atoms with Crippen LogP contribution in [0.1, 0.15) is 0 Å². The molecule has 0 unspecified atom stereocenters. The first-order valence-corrected chi connectivity index (χ1v) is 9.77. The summed E-state index contributed by atoms with van der Waals surface area (Å²) in [5.74, 6) is 0.795. The van der Waals surface area contributed by atoms with Gasteiger partial charge in [0.05, 0.1) is 5.69 Å². The fraction of sp³-hybridized carbons (Fsp3) is 0.100. The molecular formula is C20H14BrN5O4. The van der Waals surface area contributed by atoms with Crippen LogP contribution in [-0.4, -0.2) is 32.1 Å². The fourth-order valence-corrected chi connectivity index (χ4v) is 3.39. The monoisotopic (exact) mass is 467 g/mol. The molecule has 2 aromatic heterocycles. The van der Waals surface area contributed by atoms with Gasteiger partial charge in [-0.3, -0.25) is 9.59 Å². The summed E-state index contributed by atoms with van der Waals surface area (Å²) in [6.45, 7) is -0.0811. The topological polar surface area (TPSA) is 99.8 Å². The van der Waals surface area contributed by atoms with Crippen LogP contribution in [-0.2, 0) is 11.3 Å². The van der Waals surface area contributed by atoms with Crippen LogP contribution in [0.3, 0.4) is 0 Å². The molecule has 0 saturated carbocycles. The van der Waals surface area contributed by atoms with E-state index in [-0.39, 0.29) is 19.2 Å². The highest BCUT2D eigenvalue weighted by Crippen LogP contribution is 2.34. The van der Waals surface area contributed by atoms with Crippen molar-refractivity contribution in [2.75, 3.05) is 12.1 Å². The van der Waals surface area contributed by atoms with Gasteiger partial charge in [0.15, 0.2) is 11.5 Å². The molecule has 150 valence electrons. The van der Waals surface area contributed by atoms with Gasteiger partial charge >= 0.3 is 0 Å². The smallest absolute Gasteiger partial charge is 0.293 e. The molecule has 4 aromatic rings. The van der Waals surface area contributed by atoms with E-state index in [0.29, 0.717) is 28.4 Å². The summed E-state index contributed by atoms with van der Waals surface area (Å²) < 4.78 is 14.0. The zero-order valence-corrected chi connectivity index (χ0v) is 17.0. The minimum absolute atomic E-state index is 0.152. The number of rotatable bonds is 4. The summed E-state index contributed by atoms with van der Waals surface area (Å²) >= 11 is 3.39. The molecule has 1 aliphatic rings. The van der Waals surface area contributed by atoms with E-state index in [1.807, 2.05) is 24.3 Å². The Kier molecular flexibility index (Phi) is 4.47. The molecule has 0 saturated heterocycles. The summed E-state index contributed by atoms with van der Waals surface area (Å²) in [6, 6.07) is 14.4. The van der Waals surface area contributed by atoms with E-state index >= 15 is 0 Å². The highest BCUT2D eigenvalue weighted by atomic mass is 79.9. The molecule has 5 rings (SSSR count). The van der Waals surface area contributed by atoms with Gasteiger partial charge < -0.3 is 14.8 Å². The maximum atomic E-state index is 12.8. The zero-order chi connectivity index (χ0) is 20.7. The largest absolute Gasteiger partial charge is 0.454 e. The molecule has 10 heteroatoms. The number of carbonyl (C=O) groups is 1. The maximum absolute atomic E-state index is 12.8. The number of carbonyl (C=O) groups excluding carboxylic acids is 1. The molecule has 1 N–H and O–H groups in total. The molecule has 2 aromatic carbocycles. The molecule has 0 radical (unpaired) electrons. The predicted octanol–water partition coefficient (Wildman–Crippen LogP) is 2.69. The van der Waals surface area contributed by atoms with Crippen molar-refractivity contribution in [3.8, 4) is 22.8 Å². The number of hydrogen-bond acceptors (Lipinski definition) is 6. The Morgan fingerprint density at radius 3 is 2.73 bits per heavy atom. The normalized spacial score (nSPS) is 12.3. The van der Waals surface area contributed by atoms with E-state index in [1.165, 1.54) is 10.8 Å². The quantitative estimate of drug-likeness (QED) is 0.495. The van der Waals surface area contributed by atoms with E-state index < -0.39 is 5.56 Å². The number of aromatic nitrogens is 4. The highest BCUT2D eigenvalue weighted by molar-refractivity contribution is 9.10. The standard InChI is InChI=1S/C20H14BrN5O4/c21-13-3-1-12(2-4-13)15-8-16-20(28)25(22-10-26(16)24-15)9-19(27)23-14-5-6-17-18(7-14)30-11-29-17/h1-8,10H,9,11H2,(H,23,27). The number of benzene rings is 2. The number of anilines is 1. The molecule has 0 spiro atoms. The molecule has 3 heterocycles. The SMILES string of the molecule is O=C(Cn1ncn2nc(-c3ccc(Br)cc3)cc2c1=O)Nc1ccc2c(c1)OCO2. The van der Waals surface area contributed by atoms with E-state index in [1.54, 1.807) is 24.3 Å². The molecule has 0 fully saturated rings. The van der Waals surface area contributed by atoms with Crippen LogP contribution in [0.25, 0.3) is 16.8 Å². The van der Waals surface area contributed by atoms with E-state index in [9.17, 15) is 9.59 Å². The third-order valence-electron chi connectivity index (χ3n) is 4.58. The van der Waals surface area contributed by atoms with Crippen molar-refractivity contribution in [3.05, 3.63) is 69.7 Å². The average Bonchev–Trinajstić information content (AvgIpc) is 3.37. The minimum Gasteiger partial charge on any atom is -0.454 e. The Bertz CT molecular complexity index is 1330. The molecule has 1 aliphatic heterocycles. The summed E-state index contributed by atoms with van der Waals surface area (Å²) in [5.41, 5.74) is 1.98. The Balaban J connectivity index is 1.38. The van der Waals surface area contributed by atoms with Crippen LogP contribution >= 0.6 is 15.9 Å². The number of ether oxygens (including phenoxy) is 2. The Labute approximate surface area is 178 Å². The molecule has 30 heavy (non-hydrogen) atoms. The van der Waals surface area contributed by atoms with E-state index in [2.05, 4.69) is 31.4 Å². The van der Waals surface area contributed by atoms with Gasteiger partial charge in [-0.15, -0.1) is 0 Å². The summed E-state index contributed by atoms with van der Waals surface area (Å²) in [6.07, 6.45) is 1.41. The van der Waals surface area contributed by atoms with Crippen LogP contribution in [0, 0.1) is 0 Å². The molecule has 0 bridgehead atoms. The first-order chi connectivity index (χ1) is 14.6. The molecular weight excluding hydrogens is 454 g/mol. The molecule has 9 nitrogen and oxygen atoms in total. The van der Waals surface area contributed by atoms with Gasteiger partial charge in [0.2, 0.25) is 12.7 Å². The number of fused-ring (bicyclic) bond motifs is 2. The number of halogens is 1. The van der Waals surface area contributed by atoms with Gasteiger partial charge in [-0.2, -0.15) is 10.2 Å². The number of hydrogen-bond donors (Lipinski definition) is 1. The van der Waals surface area contributed by atoms with Crippen molar-refractivity contribution >= 4 is 33.0 Å². The summed E-state index contributed by atoms with van der Waals surface area (Å²) in [5, 5.41) is 11.2. The number of nitrogens with one attached hydrogen (secondary N) is 1. The van der Waals surface area contributed by atoms with Gasteiger partial charge in [0.25, 0.3) is 5.56 Å². The Morgan fingerprint density at radius 1 is 1.10 bits per heavy atom.